The molecule has 0 amide bonds. The zero-order valence-corrected chi connectivity index (χ0v) is 13.1. The summed E-state index contributed by atoms with van der Waals surface area (Å²) in [5, 5.41) is 9.70. The van der Waals surface area contributed by atoms with Crippen LogP contribution < -0.4 is 0 Å². The van der Waals surface area contributed by atoms with Crippen molar-refractivity contribution >= 4 is 11.2 Å². The molecule has 0 fully saturated rings. The van der Waals surface area contributed by atoms with E-state index in [1.807, 2.05) is 42.5 Å². The number of imidazole rings is 1. The summed E-state index contributed by atoms with van der Waals surface area (Å²) < 4.78 is 2.15. The fourth-order valence-electron chi connectivity index (χ4n) is 2.92. The summed E-state index contributed by atoms with van der Waals surface area (Å²) in [7, 11) is 0. The highest BCUT2D eigenvalue weighted by Crippen LogP contribution is 2.20. The largest absolute Gasteiger partial charge is 0.508 e. The van der Waals surface area contributed by atoms with Gasteiger partial charge in [0, 0.05) is 12.6 Å². The van der Waals surface area contributed by atoms with Crippen LogP contribution in [0.2, 0.25) is 0 Å². The number of nitrogens with zero attached hydrogens (tertiary/aromatic N) is 3. The molecule has 0 bridgehead atoms. The fraction of sp³-hybridized carbons (Fsp3) is 0.100. The van der Waals surface area contributed by atoms with E-state index in [-0.39, 0.29) is 5.75 Å². The van der Waals surface area contributed by atoms with Crippen LogP contribution in [0.4, 0.5) is 0 Å². The fourth-order valence-corrected chi connectivity index (χ4v) is 2.92. The SMILES string of the molecule is Oc1cccc(Cc2nc3cccnc3n2Cc2ccccc2)c1. The van der Waals surface area contributed by atoms with Crippen molar-refractivity contribution in [3.63, 3.8) is 0 Å². The predicted molar refractivity (Wildman–Crippen MR) is 94.0 cm³/mol. The van der Waals surface area contributed by atoms with Gasteiger partial charge < -0.3 is 9.67 Å². The first-order valence-electron chi connectivity index (χ1n) is 7.91. The molecular formula is C20H17N3O. The Kier molecular flexibility index (Phi) is 3.71. The van der Waals surface area contributed by atoms with Crippen molar-refractivity contribution in [2.45, 2.75) is 13.0 Å². The van der Waals surface area contributed by atoms with Gasteiger partial charge in [0.25, 0.3) is 0 Å². The van der Waals surface area contributed by atoms with Gasteiger partial charge in [0.2, 0.25) is 0 Å². The van der Waals surface area contributed by atoms with E-state index in [1.165, 1.54) is 5.56 Å². The summed E-state index contributed by atoms with van der Waals surface area (Å²) in [4.78, 5) is 9.26. The molecule has 118 valence electrons. The van der Waals surface area contributed by atoms with Crippen LogP contribution in [0.25, 0.3) is 11.2 Å². The maximum absolute atomic E-state index is 9.70. The molecule has 4 rings (SSSR count). The Labute approximate surface area is 140 Å². The molecule has 4 nitrogen and oxygen atoms in total. The minimum absolute atomic E-state index is 0.274. The Morgan fingerprint density at radius 1 is 0.875 bits per heavy atom. The van der Waals surface area contributed by atoms with Crippen molar-refractivity contribution in [3.8, 4) is 5.75 Å². The number of hydrogen-bond donors (Lipinski definition) is 1. The summed E-state index contributed by atoms with van der Waals surface area (Å²) >= 11 is 0. The Morgan fingerprint density at radius 3 is 2.54 bits per heavy atom. The zero-order chi connectivity index (χ0) is 16.4. The van der Waals surface area contributed by atoms with Gasteiger partial charge in [0.05, 0.1) is 6.54 Å². The third kappa shape index (κ3) is 2.86. The summed E-state index contributed by atoms with van der Waals surface area (Å²) in [6.45, 7) is 0.725. The van der Waals surface area contributed by atoms with E-state index in [9.17, 15) is 5.11 Å². The Balaban J connectivity index is 1.78. The van der Waals surface area contributed by atoms with E-state index in [4.69, 9.17) is 4.98 Å². The molecule has 4 heteroatoms. The second-order valence-corrected chi connectivity index (χ2v) is 5.79. The van der Waals surface area contributed by atoms with Crippen LogP contribution in [0.5, 0.6) is 5.75 Å². The van der Waals surface area contributed by atoms with Crippen LogP contribution in [0.3, 0.4) is 0 Å². The molecule has 0 aliphatic rings. The number of aromatic nitrogens is 3. The maximum atomic E-state index is 9.70. The maximum Gasteiger partial charge on any atom is 0.160 e. The average Bonchev–Trinajstić information content (AvgIpc) is 2.93. The van der Waals surface area contributed by atoms with E-state index in [1.54, 1.807) is 18.3 Å². The van der Waals surface area contributed by atoms with Crippen LogP contribution in [-0.4, -0.2) is 19.6 Å². The van der Waals surface area contributed by atoms with Crippen LogP contribution in [0.1, 0.15) is 17.0 Å². The van der Waals surface area contributed by atoms with Crippen LogP contribution >= 0.6 is 0 Å². The van der Waals surface area contributed by atoms with Crippen molar-refractivity contribution in [2.24, 2.45) is 0 Å². The number of aromatic hydroxyl groups is 1. The second kappa shape index (κ2) is 6.16. The molecule has 1 N–H and O–H groups in total. The minimum Gasteiger partial charge on any atom is -0.508 e. The van der Waals surface area contributed by atoms with Crippen molar-refractivity contribution in [1.29, 1.82) is 0 Å². The highest BCUT2D eigenvalue weighted by molar-refractivity contribution is 5.71. The van der Waals surface area contributed by atoms with E-state index in [0.717, 1.165) is 29.1 Å². The topological polar surface area (TPSA) is 50.9 Å². The molecule has 0 spiro atoms. The third-order valence-electron chi connectivity index (χ3n) is 4.04. The van der Waals surface area contributed by atoms with E-state index in [0.29, 0.717) is 6.42 Å². The van der Waals surface area contributed by atoms with Crippen molar-refractivity contribution < 1.29 is 5.11 Å². The number of hydrogen-bond acceptors (Lipinski definition) is 3. The first-order valence-corrected chi connectivity index (χ1v) is 7.91. The lowest BCUT2D eigenvalue weighted by molar-refractivity contribution is 0.474. The first kappa shape index (κ1) is 14.5. The summed E-state index contributed by atoms with van der Waals surface area (Å²) in [5.74, 6) is 1.22. The smallest absolute Gasteiger partial charge is 0.160 e. The monoisotopic (exact) mass is 315 g/mol. The highest BCUT2D eigenvalue weighted by atomic mass is 16.3. The van der Waals surface area contributed by atoms with Gasteiger partial charge >= 0.3 is 0 Å². The summed E-state index contributed by atoms with van der Waals surface area (Å²) in [6.07, 6.45) is 2.45. The normalized spacial score (nSPS) is 11.0. The number of rotatable bonds is 4. The molecule has 0 saturated heterocycles. The number of fused-ring (bicyclic) bond motifs is 1. The van der Waals surface area contributed by atoms with Gasteiger partial charge in [-0.2, -0.15) is 0 Å². The van der Waals surface area contributed by atoms with E-state index < -0.39 is 0 Å². The number of phenolic OH excluding ortho intramolecular Hbond substituents is 1. The first-order chi connectivity index (χ1) is 11.8. The molecule has 4 aromatic rings. The van der Waals surface area contributed by atoms with Gasteiger partial charge in [-0.1, -0.05) is 42.5 Å². The lowest BCUT2D eigenvalue weighted by atomic mass is 10.1. The van der Waals surface area contributed by atoms with E-state index >= 15 is 0 Å². The Hall–Kier alpha value is -3.14. The molecule has 0 saturated carbocycles. The predicted octanol–water partition coefficient (Wildman–Crippen LogP) is 3.78. The Bertz CT molecular complexity index is 977. The van der Waals surface area contributed by atoms with Crippen LogP contribution in [0, 0.1) is 0 Å². The minimum atomic E-state index is 0.274. The summed E-state index contributed by atoms with van der Waals surface area (Å²) in [6, 6.07) is 21.5. The third-order valence-corrected chi connectivity index (χ3v) is 4.04. The molecule has 2 heterocycles. The molecule has 0 aliphatic heterocycles. The Morgan fingerprint density at radius 2 is 1.71 bits per heavy atom. The molecule has 2 aromatic heterocycles. The van der Waals surface area contributed by atoms with Gasteiger partial charge in [-0.15, -0.1) is 0 Å². The number of pyridine rings is 1. The molecule has 0 unspecified atom stereocenters. The molecule has 0 radical (unpaired) electrons. The summed E-state index contributed by atoms with van der Waals surface area (Å²) in [5.41, 5.74) is 4.01. The number of phenols is 1. The van der Waals surface area contributed by atoms with Crippen LogP contribution in [-0.2, 0) is 13.0 Å². The average molecular weight is 315 g/mol. The van der Waals surface area contributed by atoms with Gasteiger partial charge in [-0.3, -0.25) is 0 Å². The number of benzene rings is 2. The van der Waals surface area contributed by atoms with Gasteiger partial charge in [-0.25, -0.2) is 9.97 Å². The highest BCUT2D eigenvalue weighted by Gasteiger charge is 2.12. The molecular weight excluding hydrogens is 298 g/mol. The quantitative estimate of drug-likeness (QED) is 0.623. The van der Waals surface area contributed by atoms with Crippen molar-refractivity contribution in [1.82, 2.24) is 14.5 Å². The standard InChI is InChI=1S/C20H17N3O/c24-17-9-4-8-16(12-17)13-19-22-18-10-5-11-21-20(18)23(19)14-15-6-2-1-3-7-15/h1-12,24H,13-14H2. The zero-order valence-electron chi connectivity index (χ0n) is 13.1. The molecule has 2 aromatic carbocycles. The van der Waals surface area contributed by atoms with Gasteiger partial charge in [0.15, 0.2) is 5.65 Å². The van der Waals surface area contributed by atoms with Crippen molar-refractivity contribution in [3.05, 3.63) is 89.9 Å². The molecule has 0 atom stereocenters. The van der Waals surface area contributed by atoms with E-state index in [2.05, 4.69) is 21.7 Å². The van der Waals surface area contributed by atoms with Gasteiger partial charge in [-0.05, 0) is 35.4 Å². The molecule has 24 heavy (non-hydrogen) atoms. The van der Waals surface area contributed by atoms with Gasteiger partial charge in [0.1, 0.15) is 17.1 Å². The van der Waals surface area contributed by atoms with Crippen molar-refractivity contribution in [2.75, 3.05) is 0 Å². The lowest BCUT2D eigenvalue weighted by Gasteiger charge is -2.09. The lowest BCUT2D eigenvalue weighted by Crippen LogP contribution is -2.06. The second-order valence-electron chi connectivity index (χ2n) is 5.79. The van der Waals surface area contributed by atoms with Crippen LogP contribution in [0.15, 0.2) is 72.9 Å². The molecule has 0 aliphatic carbocycles.